The fourth-order valence-electron chi connectivity index (χ4n) is 1.66. The minimum Gasteiger partial charge on any atom is -0.465 e. The smallest absolute Gasteiger partial charge is 0.345 e. The van der Waals surface area contributed by atoms with E-state index in [0.29, 0.717) is 16.6 Å². The number of esters is 1. The Kier molecular flexibility index (Phi) is 2.34. The molecule has 84 valence electrons. The second-order valence-corrected chi connectivity index (χ2v) is 3.58. The molecule has 0 aliphatic carbocycles. The van der Waals surface area contributed by atoms with Crippen molar-refractivity contribution in [2.75, 3.05) is 7.11 Å². The first-order valence-corrected chi connectivity index (χ1v) is 4.83. The summed E-state index contributed by atoms with van der Waals surface area (Å²) in [6.07, 6.45) is 1.63. The Balaban J connectivity index is 2.87. The first-order chi connectivity index (χ1) is 7.56. The average Bonchev–Trinajstić information content (AvgIpc) is 2.61. The van der Waals surface area contributed by atoms with Crippen molar-refractivity contribution in [3.63, 3.8) is 0 Å². The lowest BCUT2D eigenvalue weighted by atomic mass is 10.1. The maximum Gasteiger partial charge on any atom is 0.345 e. The Labute approximate surface area is 92.4 Å². The number of fused-ring (bicyclic) bond motifs is 1. The van der Waals surface area contributed by atoms with E-state index in [4.69, 9.17) is 4.74 Å². The van der Waals surface area contributed by atoms with Gasteiger partial charge in [-0.25, -0.2) is 9.48 Å². The van der Waals surface area contributed by atoms with Crippen LogP contribution >= 0.6 is 0 Å². The van der Waals surface area contributed by atoms with Crippen molar-refractivity contribution in [3.8, 4) is 0 Å². The summed E-state index contributed by atoms with van der Waals surface area (Å²) < 4.78 is 8.05. The molecule has 2 aromatic heterocycles. The van der Waals surface area contributed by atoms with Gasteiger partial charge < -0.3 is 4.74 Å². The summed E-state index contributed by atoms with van der Waals surface area (Å²) in [6.45, 7) is 1.83. The summed E-state index contributed by atoms with van der Waals surface area (Å²) in [6, 6.07) is 0. The molecule has 0 amide bonds. The molecule has 6 nitrogen and oxygen atoms in total. The van der Waals surface area contributed by atoms with Crippen molar-refractivity contribution < 1.29 is 14.2 Å². The van der Waals surface area contributed by atoms with Gasteiger partial charge in [0.05, 0.1) is 18.7 Å². The first kappa shape index (κ1) is 10.5. The molecule has 0 aromatic carbocycles. The number of hydrogen-bond donors (Lipinski definition) is 0. The van der Waals surface area contributed by atoms with Crippen molar-refractivity contribution in [1.82, 2.24) is 14.9 Å². The van der Waals surface area contributed by atoms with Gasteiger partial charge in [0.2, 0.25) is 11.3 Å². The van der Waals surface area contributed by atoms with Crippen molar-refractivity contribution in [2.45, 2.75) is 6.92 Å². The zero-order chi connectivity index (χ0) is 11.9. The highest BCUT2D eigenvalue weighted by molar-refractivity contribution is 6.02. The predicted octanol–water partition coefficient (Wildman–Crippen LogP) is -0.112. The van der Waals surface area contributed by atoms with Gasteiger partial charge in [-0.3, -0.25) is 0 Å². The standard InChI is InChI=1S/C10H13N4O2/c1-6-8(10(15)16-4)7-5-11-14(3)9(7)12-13(6)2/h5H,1-4H3/q+1. The maximum absolute atomic E-state index is 11.7. The molecular weight excluding hydrogens is 208 g/mol. The SMILES string of the molecule is COC(=O)c1c(C)[n+](C)nc2c1cnn2C. The third-order valence-electron chi connectivity index (χ3n) is 2.66. The van der Waals surface area contributed by atoms with Gasteiger partial charge in [-0.05, 0) is 0 Å². The van der Waals surface area contributed by atoms with Crippen LogP contribution in [0.3, 0.4) is 0 Å². The lowest BCUT2D eigenvalue weighted by Gasteiger charge is -2.02. The summed E-state index contributed by atoms with van der Waals surface area (Å²) in [7, 11) is 4.93. The quantitative estimate of drug-likeness (QED) is 0.498. The molecule has 0 fully saturated rings. The highest BCUT2D eigenvalue weighted by Gasteiger charge is 2.24. The fraction of sp³-hybridized carbons (Fsp3) is 0.400. The molecular formula is C10H13N4O2+. The number of rotatable bonds is 1. The van der Waals surface area contributed by atoms with Crippen molar-refractivity contribution in [1.29, 1.82) is 0 Å². The van der Waals surface area contributed by atoms with E-state index >= 15 is 0 Å². The highest BCUT2D eigenvalue weighted by Crippen LogP contribution is 2.17. The summed E-state index contributed by atoms with van der Waals surface area (Å²) in [5, 5.41) is 9.12. The molecule has 0 unspecified atom stereocenters. The zero-order valence-electron chi connectivity index (χ0n) is 9.68. The number of hydrogen-bond acceptors (Lipinski definition) is 4. The molecule has 0 atom stereocenters. The highest BCUT2D eigenvalue weighted by atomic mass is 16.5. The molecule has 0 spiro atoms. The molecule has 0 aliphatic rings. The topological polar surface area (TPSA) is 60.9 Å². The molecule has 2 heterocycles. The van der Waals surface area contributed by atoms with Gasteiger partial charge in [0.1, 0.15) is 5.56 Å². The lowest BCUT2D eigenvalue weighted by Crippen LogP contribution is -2.38. The van der Waals surface area contributed by atoms with Gasteiger partial charge in [0.25, 0.3) is 0 Å². The number of carbonyl (C=O) groups excluding carboxylic acids is 1. The van der Waals surface area contributed by atoms with Crippen molar-refractivity contribution >= 4 is 17.0 Å². The van der Waals surface area contributed by atoms with Crippen LogP contribution in [-0.4, -0.2) is 28.0 Å². The number of methoxy groups -OCH3 is 1. The molecule has 0 saturated heterocycles. The van der Waals surface area contributed by atoms with Crippen LogP contribution in [0.2, 0.25) is 0 Å². The van der Waals surface area contributed by atoms with Crippen molar-refractivity contribution in [3.05, 3.63) is 17.5 Å². The van der Waals surface area contributed by atoms with E-state index in [1.807, 2.05) is 6.92 Å². The van der Waals surface area contributed by atoms with Crippen LogP contribution in [0.25, 0.3) is 11.0 Å². The molecule has 0 radical (unpaired) electrons. The van der Waals surface area contributed by atoms with E-state index in [0.717, 1.165) is 5.69 Å². The molecule has 0 N–H and O–H groups in total. The summed E-state index contributed by atoms with van der Waals surface area (Å²) in [5.74, 6) is -0.367. The second-order valence-electron chi connectivity index (χ2n) is 3.58. The van der Waals surface area contributed by atoms with Gasteiger partial charge in [0.15, 0.2) is 7.05 Å². The van der Waals surface area contributed by atoms with E-state index < -0.39 is 0 Å². The minimum absolute atomic E-state index is 0.367. The summed E-state index contributed by atoms with van der Waals surface area (Å²) in [5.41, 5.74) is 1.93. The van der Waals surface area contributed by atoms with Crippen LogP contribution in [0.5, 0.6) is 0 Å². The van der Waals surface area contributed by atoms with Gasteiger partial charge >= 0.3 is 5.97 Å². The Morgan fingerprint density at radius 2 is 2.25 bits per heavy atom. The normalized spacial score (nSPS) is 10.8. The van der Waals surface area contributed by atoms with E-state index in [-0.39, 0.29) is 5.97 Å². The van der Waals surface area contributed by atoms with Crippen LogP contribution in [-0.2, 0) is 18.8 Å². The van der Waals surface area contributed by atoms with Gasteiger partial charge in [-0.15, -0.1) is 0 Å². The van der Waals surface area contributed by atoms with Crippen LogP contribution < -0.4 is 4.68 Å². The maximum atomic E-state index is 11.7. The number of carbonyl (C=O) groups is 1. The fourth-order valence-corrected chi connectivity index (χ4v) is 1.66. The van der Waals surface area contributed by atoms with Gasteiger partial charge in [-0.2, -0.15) is 5.10 Å². The lowest BCUT2D eigenvalue weighted by molar-refractivity contribution is -0.734. The Hall–Kier alpha value is -1.98. The van der Waals surface area contributed by atoms with Crippen LogP contribution in [0.15, 0.2) is 6.20 Å². The third-order valence-corrected chi connectivity index (χ3v) is 2.66. The zero-order valence-corrected chi connectivity index (χ0v) is 9.68. The monoisotopic (exact) mass is 221 g/mol. The average molecular weight is 221 g/mol. The van der Waals surface area contributed by atoms with E-state index in [2.05, 4.69) is 10.2 Å². The predicted molar refractivity (Wildman–Crippen MR) is 55.8 cm³/mol. The largest absolute Gasteiger partial charge is 0.465 e. The Bertz CT molecular complexity index is 574. The number of ether oxygens (including phenoxy) is 1. The molecule has 0 aliphatic heterocycles. The number of nitrogens with zero attached hydrogens (tertiary/aromatic N) is 4. The number of aromatic nitrogens is 4. The van der Waals surface area contributed by atoms with E-state index in [1.165, 1.54) is 7.11 Å². The van der Waals surface area contributed by atoms with Gasteiger partial charge in [0, 0.05) is 19.1 Å². The molecule has 6 heteroatoms. The summed E-state index contributed by atoms with van der Waals surface area (Å²) >= 11 is 0. The second kappa shape index (κ2) is 3.55. The molecule has 16 heavy (non-hydrogen) atoms. The Morgan fingerprint density at radius 1 is 1.56 bits per heavy atom. The van der Waals surface area contributed by atoms with Crippen LogP contribution in [0.4, 0.5) is 0 Å². The van der Waals surface area contributed by atoms with Crippen molar-refractivity contribution in [2.24, 2.45) is 14.1 Å². The third kappa shape index (κ3) is 1.34. The molecule has 2 rings (SSSR count). The van der Waals surface area contributed by atoms with Crippen LogP contribution in [0.1, 0.15) is 16.1 Å². The molecule has 0 saturated carbocycles. The van der Waals surface area contributed by atoms with E-state index in [1.54, 1.807) is 29.7 Å². The minimum atomic E-state index is -0.367. The molecule has 0 bridgehead atoms. The summed E-state index contributed by atoms with van der Waals surface area (Å²) in [4.78, 5) is 11.7. The molecule has 2 aromatic rings. The number of aryl methyl sites for hydroxylation is 2. The van der Waals surface area contributed by atoms with Gasteiger partial charge in [-0.1, -0.05) is 4.68 Å². The van der Waals surface area contributed by atoms with E-state index in [9.17, 15) is 4.79 Å². The van der Waals surface area contributed by atoms with Crippen LogP contribution in [0, 0.1) is 6.92 Å². The first-order valence-electron chi connectivity index (χ1n) is 4.83. The Morgan fingerprint density at radius 3 is 2.88 bits per heavy atom.